The van der Waals surface area contributed by atoms with Gasteiger partial charge < -0.3 is 17.2 Å². The summed E-state index contributed by atoms with van der Waals surface area (Å²) in [4.78, 5) is 88.0. The Bertz CT molecular complexity index is 5040. The number of hydrogen-bond donors (Lipinski definition) is 3. The van der Waals surface area contributed by atoms with Crippen LogP contribution in [0.2, 0.25) is 15.1 Å². The lowest BCUT2D eigenvalue weighted by atomic mass is 9.81. The summed E-state index contributed by atoms with van der Waals surface area (Å²) >= 11 is 21.4. The van der Waals surface area contributed by atoms with Crippen LogP contribution in [0.15, 0.2) is 158 Å². The van der Waals surface area contributed by atoms with Gasteiger partial charge in [0.05, 0.1) is 72.3 Å². The van der Waals surface area contributed by atoms with Gasteiger partial charge in [0.25, 0.3) is 0 Å². The first kappa shape index (κ1) is 60.6. The third kappa shape index (κ3) is 12.0. The van der Waals surface area contributed by atoms with E-state index < -0.39 is 0 Å². The van der Waals surface area contributed by atoms with E-state index in [0.29, 0.717) is 136 Å². The molecular weight excluding hydrogens is 1230 g/mol. The van der Waals surface area contributed by atoms with E-state index in [-0.39, 0.29) is 64.3 Å². The van der Waals surface area contributed by atoms with E-state index in [1.54, 1.807) is 36.8 Å². The lowest BCUT2D eigenvalue weighted by Gasteiger charge is -2.24. The van der Waals surface area contributed by atoms with Gasteiger partial charge in [-0.2, -0.15) is 0 Å². The van der Waals surface area contributed by atoms with Crippen molar-refractivity contribution in [1.29, 1.82) is 0 Å². The van der Waals surface area contributed by atoms with Gasteiger partial charge in [-0.3, -0.25) is 34.2 Å². The fourth-order valence-corrected chi connectivity index (χ4v) is 13.1. The molecule has 460 valence electrons. The Morgan fingerprint density at radius 2 is 0.903 bits per heavy atom. The van der Waals surface area contributed by atoms with Crippen molar-refractivity contribution in [3.05, 3.63) is 190 Å². The van der Waals surface area contributed by atoms with Gasteiger partial charge in [-0.25, -0.2) is 29.9 Å². The van der Waals surface area contributed by atoms with Crippen LogP contribution < -0.4 is 17.2 Å². The van der Waals surface area contributed by atoms with Crippen molar-refractivity contribution in [3.63, 3.8) is 0 Å². The van der Waals surface area contributed by atoms with Crippen LogP contribution in [0.25, 0.3) is 123 Å². The number of nitrogen functional groups attached to an aromatic ring is 3. The largest absolute Gasteiger partial charge is 0.382 e. The topological polar surface area (TPSA) is 249 Å². The number of aromatic nitrogens is 9. The number of carbonyl (C=O) groups excluding carboxylic acids is 3. The normalized spacial score (nSPS) is 13.3. The van der Waals surface area contributed by atoms with E-state index in [9.17, 15) is 14.4 Å². The summed E-state index contributed by atoms with van der Waals surface area (Å²) in [5, 5.41) is 3.30. The quantitative estimate of drug-likeness (QED) is 0.0637. The molecule has 2 fully saturated rings. The van der Waals surface area contributed by atoms with Gasteiger partial charge in [-0.05, 0) is 121 Å². The Morgan fingerprint density at radius 1 is 0.430 bits per heavy atom. The van der Waals surface area contributed by atoms with Crippen molar-refractivity contribution >= 4 is 102 Å². The maximum Gasteiger partial charge on any atom is 0.198 e. The molecule has 6 aromatic heterocycles. The van der Waals surface area contributed by atoms with Crippen LogP contribution in [0, 0.1) is 11.8 Å². The Morgan fingerprint density at radius 3 is 1.48 bits per heavy atom. The average molecular weight is 1290 g/mol. The number of hydrogen-bond acceptors (Lipinski definition) is 16. The van der Waals surface area contributed by atoms with Crippen LogP contribution in [-0.4, -0.2) is 86.7 Å². The predicted octanol–water partition coefficient (Wildman–Crippen LogP) is 16.6. The number of ketones is 3. The summed E-state index contributed by atoms with van der Waals surface area (Å²) < 4.78 is 0. The number of nitrogens with zero attached hydrogens (tertiary/aromatic N) is 10. The molecule has 0 saturated heterocycles. The number of benzene rings is 6. The summed E-state index contributed by atoms with van der Waals surface area (Å²) in [6, 6.07) is 44.1. The number of Topliss-reactive ketones (excluding diaryl/α,β-unsaturated/α-hetero) is 3. The van der Waals surface area contributed by atoms with Gasteiger partial charge in [-0.1, -0.05) is 141 Å². The highest BCUT2D eigenvalue weighted by molar-refractivity contribution is 6.36. The number of fused-ring (bicyclic) bond motifs is 3. The summed E-state index contributed by atoms with van der Waals surface area (Å²) in [6.07, 6.45) is 10.8. The minimum atomic E-state index is -0.251. The standard InChI is InChI=1S/C74H60Cl3N13O3/c1-3-90(4-2)38-59(93)71-74(80)89-63(65(86-71)48-30-44-20-11-24-81-60(44)54(75)34-48)45-18-9-16-42(28-45)51-32-47-31-49(35-55(76)61(47)83-37-51)66-64(88-73(79)70(84-66)58(92)27-40-21-22-40)46-19-10-17-43(29-46)52-23-25-82-68-53(52)33-50(36-56(68)77)67-62(41-14-6-5-7-15-41)87-72(78)69(85-67)57(91)26-39-12-8-13-39/h5-7,9-11,14-20,23-25,28-37,39-40H,3-4,8,12-13,21-22,26-27,38H2,1-2H3,(H2,78,87)(H2,79,88)(H2,80,89). The highest BCUT2D eigenvalue weighted by atomic mass is 35.5. The first-order chi connectivity index (χ1) is 45.2. The molecule has 6 heterocycles. The molecule has 6 N–H and O–H groups in total. The van der Waals surface area contributed by atoms with Crippen molar-refractivity contribution < 1.29 is 14.4 Å². The smallest absolute Gasteiger partial charge is 0.198 e. The molecule has 16 nitrogen and oxygen atoms in total. The highest BCUT2D eigenvalue weighted by Gasteiger charge is 2.30. The zero-order chi connectivity index (χ0) is 64.2. The Balaban J connectivity index is 0.866. The second-order valence-electron chi connectivity index (χ2n) is 23.9. The van der Waals surface area contributed by atoms with E-state index in [4.69, 9.17) is 91.9 Å². The second-order valence-corrected chi connectivity index (χ2v) is 25.1. The molecule has 0 unspecified atom stereocenters. The third-order valence-corrected chi connectivity index (χ3v) is 18.5. The number of carbonyl (C=O) groups is 3. The predicted molar refractivity (Wildman–Crippen MR) is 371 cm³/mol. The molecule has 0 radical (unpaired) electrons. The Labute approximate surface area is 550 Å². The molecule has 2 saturated carbocycles. The molecule has 19 heteroatoms. The molecule has 0 atom stereocenters. The van der Waals surface area contributed by atoms with Crippen LogP contribution in [0.4, 0.5) is 17.5 Å². The van der Waals surface area contributed by atoms with Gasteiger partial charge in [0.1, 0.15) is 11.4 Å². The number of rotatable bonds is 19. The van der Waals surface area contributed by atoms with Crippen molar-refractivity contribution in [2.24, 2.45) is 11.8 Å². The fraction of sp³-hybridized carbons (Fsp3) is 0.189. The first-order valence-corrected chi connectivity index (χ1v) is 32.1. The zero-order valence-electron chi connectivity index (χ0n) is 50.8. The molecule has 93 heavy (non-hydrogen) atoms. The van der Waals surface area contributed by atoms with Crippen LogP contribution in [0.1, 0.15) is 90.3 Å². The summed E-state index contributed by atoms with van der Waals surface area (Å²) in [6.45, 7) is 5.46. The van der Waals surface area contributed by atoms with Gasteiger partial charge in [0.15, 0.2) is 40.5 Å². The maximum atomic E-state index is 14.1. The van der Waals surface area contributed by atoms with Crippen molar-refractivity contribution in [3.8, 4) is 89.8 Å². The molecule has 0 spiro atoms. The van der Waals surface area contributed by atoms with E-state index in [2.05, 4.69) is 4.98 Å². The minimum Gasteiger partial charge on any atom is -0.382 e. The van der Waals surface area contributed by atoms with Crippen molar-refractivity contribution in [2.45, 2.75) is 58.8 Å². The molecule has 0 amide bonds. The number of likely N-dealkylation sites (N-methyl/N-ethyl adjacent to an activating group) is 1. The van der Waals surface area contributed by atoms with Crippen molar-refractivity contribution in [1.82, 2.24) is 49.8 Å². The SMILES string of the molecule is CCN(CC)CC(=O)c1nc(-c2cc(Cl)c3ncccc3c2)c(-c2cccc(-c3cnc4c(Cl)cc(-c5nc(C(=O)CC6CC6)c(N)nc5-c5cccc(-c6ccnc7c(Cl)cc(-c8nc(C(=O)CC9CCC9)c(N)nc8-c8ccccc8)cc67)c5)cc4c3)c2)nc1N. The summed E-state index contributed by atoms with van der Waals surface area (Å²) in [5.74, 6) is 0.0551. The highest BCUT2D eigenvalue weighted by Crippen LogP contribution is 2.44. The van der Waals surface area contributed by atoms with Gasteiger partial charge in [0, 0.05) is 86.5 Å². The minimum absolute atomic E-state index is 0.00463. The number of anilines is 3. The van der Waals surface area contributed by atoms with Crippen LogP contribution >= 0.6 is 34.8 Å². The van der Waals surface area contributed by atoms with Gasteiger partial charge in [0.2, 0.25) is 0 Å². The Hall–Kier alpha value is -9.97. The van der Waals surface area contributed by atoms with Crippen molar-refractivity contribution in [2.75, 3.05) is 36.8 Å². The van der Waals surface area contributed by atoms with E-state index in [1.807, 2.05) is 140 Å². The van der Waals surface area contributed by atoms with E-state index >= 15 is 0 Å². The zero-order valence-corrected chi connectivity index (χ0v) is 53.1. The monoisotopic (exact) mass is 1280 g/mol. The van der Waals surface area contributed by atoms with Crippen LogP contribution in [0.3, 0.4) is 0 Å². The van der Waals surface area contributed by atoms with E-state index in [0.717, 1.165) is 65.3 Å². The average Bonchev–Trinajstić information content (AvgIpc) is 1.13. The number of pyridine rings is 3. The molecule has 2 aliphatic rings. The molecule has 12 aromatic rings. The molecule has 0 aliphatic heterocycles. The maximum absolute atomic E-state index is 14.1. The van der Waals surface area contributed by atoms with E-state index in [1.165, 1.54) is 0 Å². The second kappa shape index (κ2) is 25.3. The van der Waals surface area contributed by atoms with Gasteiger partial charge in [-0.15, -0.1) is 0 Å². The lowest BCUT2D eigenvalue weighted by molar-refractivity contribution is 0.0925. The summed E-state index contributed by atoms with van der Waals surface area (Å²) in [5.41, 5.74) is 31.6. The van der Waals surface area contributed by atoms with Gasteiger partial charge >= 0.3 is 0 Å². The Kier molecular flexibility index (Phi) is 16.5. The number of halogens is 3. The first-order valence-electron chi connectivity index (χ1n) is 31.0. The summed E-state index contributed by atoms with van der Waals surface area (Å²) in [7, 11) is 0. The molecule has 2 aliphatic carbocycles. The molecule has 6 aromatic carbocycles. The molecule has 0 bridgehead atoms. The molecular formula is C74H60Cl3N13O3. The molecule has 14 rings (SSSR count). The number of nitrogens with two attached hydrogens (primary N) is 3. The fourth-order valence-electron chi connectivity index (χ4n) is 12.3. The lowest BCUT2D eigenvalue weighted by Crippen LogP contribution is -2.30. The van der Waals surface area contributed by atoms with Crippen LogP contribution in [0.5, 0.6) is 0 Å². The van der Waals surface area contributed by atoms with Crippen LogP contribution in [-0.2, 0) is 0 Å². The third-order valence-electron chi connectivity index (χ3n) is 17.7.